The van der Waals surface area contributed by atoms with Crippen LogP contribution < -0.4 is 11.1 Å². The molecule has 0 aromatic rings. The van der Waals surface area contributed by atoms with Crippen LogP contribution in [0.3, 0.4) is 0 Å². The summed E-state index contributed by atoms with van der Waals surface area (Å²) in [7, 11) is 0. The Kier molecular flexibility index (Phi) is 4.43. The third kappa shape index (κ3) is 3.70. The summed E-state index contributed by atoms with van der Waals surface area (Å²) in [5.41, 5.74) is 5.95. The predicted octanol–water partition coefficient (Wildman–Crippen LogP) is 2.20. The van der Waals surface area contributed by atoms with Crippen molar-refractivity contribution in [2.75, 3.05) is 0 Å². The van der Waals surface area contributed by atoms with E-state index in [0.29, 0.717) is 12.0 Å². The number of amides is 1. The van der Waals surface area contributed by atoms with Crippen molar-refractivity contribution in [2.24, 2.45) is 17.6 Å². The first kappa shape index (κ1) is 12.9. The number of carbonyl (C=O) groups is 1. The quantitative estimate of drug-likeness (QED) is 0.771. The second-order valence-corrected chi connectivity index (χ2v) is 5.85. The van der Waals surface area contributed by atoms with Gasteiger partial charge in [-0.1, -0.05) is 39.0 Å². The average molecular weight is 238 g/mol. The van der Waals surface area contributed by atoms with Crippen LogP contribution in [0.2, 0.25) is 0 Å². The molecule has 0 bridgehead atoms. The minimum atomic E-state index is -0.276. The van der Waals surface area contributed by atoms with E-state index in [0.717, 1.165) is 18.8 Å². The number of nitrogens with one attached hydrogen (secondary N) is 1. The maximum atomic E-state index is 12.0. The SMILES string of the molecule is CCC1CCCCC1NC(=O)[C@@H](N)CC1CC1. The smallest absolute Gasteiger partial charge is 0.237 e. The largest absolute Gasteiger partial charge is 0.352 e. The fourth-order valence-corrected chi connectivity index (χ4v) is 3.00. The van der Waals surface area contributed by atoms with E-state index in [4.69, 9.17) is 5.73 Å². The van der Waals surface area contributed by atoms with E-state index < -0.39 is 0 Å². The maximum absolute atomic E-state index is 12.0. The van der Waals surface area contributed by atoms with Crippen LogP contribution in [-0.2, 0) is 4.79 Å². The molecule has 17 heavy (non-hydrogen) atoms. The lowest BCUT2D eigenvalue weighted by atomic mass is 9.82. The van der Waals surface area contributed by atoms with Gasteiger partial charge in [-0.05, 0) is 31.1 Å². The summed E-state index contributed by atoms with van der Waals surface area (Å²) in [6.45, 7) is 2.22. The van der Waals surface area contributed by atoms with Crippen LogP contribution in [0.25, 0.3) is 0 Å². The van der Waals surface area contributed by atoms with Crippen molar-refractivity contribution in [2.45, 2.75) is 70.4 Å². The van der Waals surface area contributed by atoms with Gasteiger partial charge in [0, 0.05) is 6.04 Å². The third-order valence-electron chi connectivity index (χ3n) is 4.38. The summed E-state index contributed by atoms with van der Waals surface area (Å²) in [6, 6.07) is 0.105. The van der Waals surface area contributed by atoms with E-state index in [9.17, 15) is 4.79 Å². The molecule has 2 rings (SSSR count). The second-order valence-electron chi connectivity index (χ2n) is 5.85. The van der Waals surface area contributed by atoms with Crippen molar-refractivity contribution in [1.82, 2.24) is 5.32 Å². The van der Waals surface area contributed by atoms with E-state index in [1.165, 1.54) is 38.5 Å². The highest BCUT2D eigenvalue weighted by Crippen LogP contribution is 2.33. The topological polar surface area (TPSA) is 55.1 Å². The van der Waals surface area contributed by atoms with Crippen molar-refractivity contribution in [1.29, 1.82) is 0 Å². The number of hydrogen-bond acceptors (Lipinski definition) is 2. The van der Waals surface area contributed by atoms with E-state index in [1.54, 1.807) is 0 Å². The molecule has 2 aliphatic rings. The standard InChI is InChI=1S/C14H26N2O/c1-2-11-5-3-4-6-13(11)16-14(17)12(15)9-10-7-8-10/h10-13H,2-9,15H2,1H3,(H,16,17)/t11?,12-,13?/m0/s1. The van der Waals surface area contributed by atoms with Crippen LogP contribution >= 0.6 is 0 Å². The van der Waals surface area contributed by atoms with Crippen LogP contribution in [-0.4, -0.2) is 18.0 Å². The Hall–Kier alpha value is -0.570. The van der Waals surface area contributed by atoms with Gasteiger partial charge in [0.25, 0.3) is 0 Å². The Morgan fingerprint density at radius 3 is 2.65 bits per heavy atom. The highest BCUT2D eigenvalue weighted by Gasteiger charge is 2.30. The number of nitrogens with two attached hydrogens (primary N) is 1. The fourth-order valence-electron chi connectivity index (χ4n) is 3.00. The summed E-state index contributed by atoms with van der Waals surface area (Å²) < 4.78 is 0. The lowest BCUT2D eigenvalue weighted by Gasteiger charge is -2.32. The van der Waals surface area contributed by atoms with Crippen molar-refractivity contribution in [3.05, 3.63) is 0 Å². The highest BCUT2D eigenvalue weighted by molar-refractivity contribution is 5.81. The Labute approximate surface area is 105 Å². The molecule has 2 fully saturated rings. The molecule has 2 aliphatic carbocycles. The van der Waals surface area contributed by atoms with E-state index in [2.05, 4.69) is 12.2 Å². The maximum Gasteiger partial charge on any atom is 0.237 e. The van der Waals surface area contributed by atoms with Gasteiger partial charge >= 0.3 is 0 Å². The van der Waals surface area contributed by atoms with Gasteiger partial charge in [-0.2, -0.15) is 0 Å². The molecular formula is C14H26N2O. The number of carbonyl (C=O) groups excluding carboxylic acids is 1. The van der Waals surface area contributed by atoms with Crippen LogP contribution in [0.5, 0.6) is 0 Å². The van der Waals surface area contributed by atoms with Crippen molar-refractivity contribution in [3.63, 3.8) is 0 Å². The molecule has 3 nitrogen and oxygen atoms in total. The number of hydrogen-bond donors (Lipinski definition) is 2. The Morgan fingerprint density at radius 2 is 2.00 bits per heavy atom. The van der Waals surface area contributed by atoms with Crippen LogP contribution in [0.4, 0.5) is 0 Å². The van der Waals surface area contributed by atoms with Gasteiger partial charge in [-0.25, -0.2) is 0 Å². The normalized spacial score (nSPS) is 30.9. The van der Waals surface area contributed by atoms with Gasteiger partial charge in [0.05, 0.1) is 6.04 Å². The van der Waals surface area contributed by atoms with Gasteiger partial charge in [0.1, 0.15) is 0 Å². The molecule has 0 aromatic heterocycles. The van der Waals surface area contributed by atoms with Crippen molar-refractivity contribution < 1.29 is 4.79 Å². The van der Waals surface area contributed by atoms with Crippen LogP contribution in [0, 0.1) is 11.8 Å². The van der Waals surface area contributed by atoms with Gasteiger partial charge in [0.2, 0.25) is 5.91 Å². The summed E-state index contributed by atoms with van der Waals surface area (Å²) in [5, 5.41) is 3.19. The molecule has 3 heteroatoms. The molecule has 0 heterocycles. The molecule has 2 unspecified atom stereocenters. The monoisotopic (exact) mass is 238 g/mol. The van der Waals surface area contributed by atoms with Gasteiger partial charge in [0.15, 0.2) is 0 Å². The summed E-state index contributed by atoms with van der Waals surface area (Å²) in [6.07, 6.45) is 9.56. The van der Waals surface area contributed by atoms with E-state index in [-0.39, 0.29) is 11.9 Å². The van der Waals surface area contributed by atoms with Gasteiger partial charge < -0.3 is 11.1 Å². The minimum Gasteiger partial charge on any atom is -0.352 e. The Bertz CT molecular complexity index is 263. The zero-order chi connectivity index (χ0) is 12.3. The molecule has 98 valence electrons. The Morgan fingerprint density at radius 1 is 1.29 bits per heavy atom. The molecule has 0 radical (unpaired) electrons. The molecule has 0 aromatic carbocycles. The third-order valence-corrected chi connectivity index (χ3v) is 4.38. The Balaban J connectivity index is 1.78. The zero-order valence-corrected chi connectivity index (χ0v) is 11.0. The fraction of sp³-hybridized carbons (Fsp3) is 0.929. The van der Waals surface area contributed by atoms with Crippen molar-refractivity contribution in [3.8, 4) is 0 Å². The summed E-state index contributed by atoms with van der Waals surface area (Å²) in [5.74, 6) is 1.48. The lowest BCUT2D eigenvalue weighted by molar-refractivity contribution is -0.123. The zero-order valence-electron chi connectivity index (χ0n) is 11.0. The molecule has 0 saturated heterocycles. The molecule has 1 amide bonds. The van der Waals surface area contributed by atoms with Crippen LogP contribution in [0.15, 0.2) is 0 Å². The molecular weight excluding hydrogens is 212 g/mol. The molecule has 3 N–H and O–H groups in total. The molecule has 0 spiro atoms. The highest BCUT2D eigenvalue weighted by atomic mass is 16.2. The molecule has 3 atom stereocenters. The molecule has 2 saturated carbocycles. The molecule has 0 aliphatic heterocycles. The van der Waals surface area contributed by atoms with Gasteiger partial charge in [-0.15, -0.1) is 0 Å². The van der Waals surface area contributed by atoms with E-state index >= 15 is 0 Å². The predicted molar refractivity (Wildman–Crippen MR) is 69.5 cm³/mol. The second kappa shape index (κ2) is 5.85. The first-order chi connectivity index (χ1) is 8.20. The number of rotatable bonds is 5. The first-order valence-electron chi connectivity index (χ1n) is 7.26. The van der Waals surface area contributed by atoms with Crippen molar-refractivity contribution >= 4 is 5.91 Å². The summed E-state index contributed by atoms with van der Waals surface area (Å²) >= 11 is 0. The first-order valence-corrected chi connectivity index (χ1v) is 7.26. The average Bonchev–Trinajstić information content (AvgIpc) is 3.13. The summed E-state index contributed by atoms with van der Waals surface area (Å²) in [4.78, 5) is 12.0. The van der Waals surface area contributed by atoms with E-state index in [1.807, 2.05) is 0 Å². The van der Waals surface area contributed by atoms with Gasteiger partial charge in [-0.3, -0.25) is 4.79 Å². The van der Waals surface area contributed by atoms with Crippen LogP contribution in [0.1, 0.15) is 58.3 Å². The lowest BCUT2D eigenvalue weighted by Crippen LogP contribution is -2.49. The minimum absolute atomic E-state index is 0.0854.